The van der Waals surface area contributed by atoms with Gasteiger partial charge in [-0.3, -0.25) is 4.89 Å². The van der Waals surface area contributed by atoms with Crippen LogP contribution in [0.4, 0.5) is 4.79 Å². The molecular weight excluding hydrogens is 316 g/mol. The van der Waals surface area contributed by atoms with E-state index in [1.807, 2.05) is 0 Å². The van der Waals surface area contributed by atoms with Crippen molar-refractivity contribution in [2.45, 2.75) is 116 Å². The summed E-state index contributed by atoms with van der Waals surface area (Å²) in [5.74, 6) is 1.64. The third kappa shape index (κ3) is 7.98. The first kappa shape index (κ1) is 20.5. The standard InChI is InChI=1S/C21H38O4/c1-3-5-7-17-9-13-19(14-10-17)23-21(22)25-24-20-15-11-18(12-16-20)8-6-4-2/h17-20H,3-16H2,1-2H3. The molecule has 2 saturated carbocycles. The summed E-state index contributed by atoms with van der Waals surface area (Å²) in [5, 5.41) is 0. The van der Waals surface area contributed by atoms with E-state index in [2.05, 4.69) is 13.8 Å². The Morgan fingerprint density at radius 2 is 1.24 bits per heavy atom. The number of carbonyl (C=O) groups is 1. The average molecular weight is 355 g/mol. The van der Waals surface area contributed by atoms with E-state index in [4.69, 9.17) is 14.5 Å². The molecule has 0 amide bonds. The number of unbranched alkanes of at least 4 members (excludes halogenated alkanes) is 2. The number of carbonyl (C=O) groups excluding carboxylic acids is 1. The Kier molecular flexibility index (Phi) is 9.67. The van der Waals surface area contributed by atoms with E-state index < -0.39 is 6.16 Å². The van der Waals surface area contributed by atoms with Gasteiger partial charge < -0.3 is 4.74 Å². The minimum absolute atomic E-state index is 0.0127. The van der Waals surface area contributed by atoms with E-state index in [-0.39, 0.29) is 12.2 Å². The summed E-state index contributed by atoms with van der Waals surface area (Å²) in [6.45, 7) is 4.48. The van der Waals surface area contributed by atoms with Gasteiger partial charge in [0.2, 0.25) is 0 Å². The lowest BCUT2D eigenvalue weighted by molar-refractivity contribution is -0.295. The van der Waals surface area contributed by atoms with Gasteiger partial charge in [0.15, 0.2) is 0 Å². The molecule has 25 heavy (non-hydrogen) atoms. The van der Waals surface area contributed by atoms with Crippen molar-refractivity contribution in [3.05, 3.63) is 0 Å². The summed E-state index contributed by atoms with van der Waals surface area (Å²) < 4.78 is 5.42. The molecule has 2 rings (SSSR count). The number of ether oxygens (including phenoxy) is 1. The smallest absolute Gasteiger partial charge is 0.429 e. The van der Waals surface area contributed by atoms with Crippen LogP contribution < -0.4 is 0 Å². The van der Waals surface area contributed by atoms with Gasteiger partial charge in [-0.1, -0.05) is 52.4 Å². The molecular formula is C21H38O4. The summed E-state index contributed by atoms with van der Waals surface area (Å²) in [6, 6.07) is 0. The van der Waals surface area contributed by atoms with Crippen LogP contribution in [0, 0.1) is 11.8 Å². The molecule has 0 radical (unpaired) electrons. The lowest BCUT2D eigenvalue weighted by atomic mass is 9.84. The second kappa shape index (κ2) is 11.8. The van der Waals surface area contributed by atoms with Gasteiger partial charge in [-0.2, -0.15) is 4.89 Å². The fourth-order valence-electron chi connectivity index (χ4n) is 4.30. The fraction of sp³-hybridized carbons (Fsp3) is 0.952. The zero-order valence-electron chi connectivity index (χ0n) is 16.3. The first-order chi connectivity index (χ1) is 12.2. The van der Waals surface area contributed by atoms with Gasteiger partial charge in [0.25, 0.3) is 0 Å². The molecule has 146 valence electrons. The molecule has 0 atom stereocenters. The molecule has 2 fully saturated rings. The zero-order chi connectivity index (χ0) is 17.9. The highest BCUT2D eigenvalue weighted by Gasteiger charge is 2.26. The van der Waals surface area contributed by atoms with Gasteiger partial charge in [0.1, 0.15) is 12.2 Å². The number of hydrogen-bond acceptors (Lipinski definition) is 4. The van der Waals surface area contributed by atoms with Crippen molar-refractivity contribution >= 4 is 6.16 Å². The molecule has 0 unspecified atom stereocenters. The van der Waals surface area contributed by atoms with Crippen molar-refractivity contribution in [2.24, 2.45) is 11.8 Å². The van der Waals surface area contributed by atoms with Gasteiger partial charge in [0.05, 0.1) is 0 Å². The Balaban J connectivity index is 1.53. The van der Waals surface area contributed by atoms with Crippen molar-refractivity contribution < 1.29 is 19.3 Å². The van der Waals surface area contributed by atoms with Gasteiger partial charge in [0, 0.05) is 0 Å². The maximum absolute atomic E-state index is 11.8. The third-order valence-corrected chi connectivity index (χ3v) is 6.03. The monoisotopic (exact) mass is 354 g/mol. The second-order valence-electron chi connectivity index (χ2n) is 8.12. The Morgan fingerprint density at radius 1 is 0.760 bits per heavy atom. The molecule has 0 saturated heterocycles. The van der Waals surface area contributed by atoms with Crippen molar-refractivity contribution in [3.63, 3.8) is 0 Å². The SMILES string of the molecule is CCCCC1CCC(OOC(=O)OC2CCC(CCCC)CC2)CC1. The predicted octanol–water partition coefficient (Wildman–Crippen LogP) is 6.57. The summed E-state index contributed by atoms with van der Waals surface area (Å²) in [6.07, 6.45) is 15.8. The lowest BCUT2D eigenvalue weighted by Gasteiger charge is -2.29. The fourth-order valence-corrected chi connectivity index (χ4v) is 4.30. The molecule has 0 spiro atoms. The van der Waals surface area contributed by atoms with Gasteiger partial charge >= 0.3 is 6.16 Å². The highest BCUT2D eigenvalue weighted by atomic mass is 17.2. The van der Waals surface area contributed by atoms with Gasteiger partial charge in [-0.15, -0.1) is 0 Å². The molecule has 0 bridgehead atoms. The van der Waals surface area contributed by atoms with Gasteiger partial charge in [-0.25, -0.2) is 4.79 Å². The van der Waals surface area contributed by atoms with Crippen molar-refractivity contribution in [3.8, 4) is 0 Å². The molecule has 0 N–H and O–H groups in total. The summed E-state index contributed by atoms with van der Waals surface area (Å²) in [4.78, 5) is 22.1. The minimum atomic E-state index is -0.648. The van der Waals surface area contributed by atoms with Crippen LogP contribution in [0.2, 0.25) is 0 Å². The van der Waals surface area contributed by atoms with E-state index >= 15 is 0 Å². The Morgan fingerprint density at radius 3 is 1.72 bits per heavy atom. The predicted molar refractivity (Wildman–Crippen MR) is 99.2 cm³/mol. The van der Waals surface area contributed by atoms with Crippen LogP contribution in [0.1, 0.15) is 104 Å². The molecule has 4 nitrogen and oxygen atoms in total. The molecule has 2 aliphatic rings. The average Bonchev–Trinajstić information content (AvgIpc) is 2.65. The van der Waals surface area contributed by atoms with Crippen LogP contribution in [0.5, 0.6) is 0 Å². The number of hydrogen-bond donors (Lipinski definition) is 0. The second-order valence-corrected chi connectivity index (χ2v) is 8.12. The van der Waals surface area contributed by atoms with Crippen LogP contribution in [0.15, 0.2) is 0 Å². The van der Waals surface area contributed by atoms with Crippen molar-refractivity contribution in [1.29, 1.82) is 0 Å². The van der Waals surface area contributed by atoms with E-state index in [0.717, 1.165) is 37.5 Å². The first-order valence-corrected chi connectivity index (χ1v) is 10.7. The lowest BCUT2D eigenvalue weighted by Crippen LogP contribution is -2.27. The van der Waals surface area contributed by atoms with E-state index in [1.165, 1.54) is 64.2 Å². The van der Waals surface area contributed by atoms with E-state index in [9.17, 15) is 4.79 Å². The van der Waals surface area contributed by atoms with Gasteiger partial charge in [-0.05, 0) is 63.2 Å². The topological polar surface area (TPSA) is 44.8 Å². The Hall–Kier alpha value is -0.770. The van der Waals surface area contributed by atoms with E-state index in [0.29, 0.717) is 0 Å². The quantitative estimate of drug-likeness (QED) is 0.267. The van der Waals surface area contributed by atoms with Crippen LogP contribution in [-0.4, -0.2) is 18.4 Å². The van der Waals surface area contributed by atoms with Crippen LogP contribution in [0.25, 0.3) is 0 Å². The van der Waals surface area contributed by atoms with Crippen LogP contribution in [0.3, 0.4) is 0 Å². The van der Waals surface area contributed by atoms with Crippen LogP contribution in [-0.2, 0) is 14.5 Å². The van der Waals surface area contributed by atoms with Crippen molar-refractivity contribution in [1.82, 2.24) is 0 Å². The van der Waals surface area contributed by atoms with Crippen molar-refractivity contribution in [2.75, 3.05) is 0 Å². The Bertz CT molecular complexity index is 355. The highest BCUT2D eigenvalue weighted by molar-refractivity contribution is 5.59. The molecule has 0 aliphatic heterocycles. The molecule has 2 aliphatic carbocycles. The zero-order valence-corrected chi connectivity index (χ0v) is 16.3. The summed E-state index contributed by atoms with van der Waals surface area (Å²) in [5.41, 5.74) is 0. The minimum Gasteiger partial charge on any atom is -0.429 e. The summed E-state index contributed by atoms with van der Waals surface area (Å²) >= 11 is 0. The molecule has 0 heterocycles. The molecule has 4 heteroatoms. The summed E-state index contributed by atoms with van der Waals surface area (Å²) in [7, 11) is 0. The third-order valence-electron chi connectivity index (χ3n) is 6.03. The highest BCUT2D eigenvalue weighted by Crippen LogP contribution is 2.31. The molecule has 0 aromatic rings. The first-order valence-electron chi connectivity index (χ1n) is 10.7. The molecule has 0 aromatic heterocycles. The maximum atomic E-state index is 11.8. The normalized spacial score (nSPS) is 30.0. The van der Waals surface area contributed by atoms with Crippen LogP contribution >= 0.6 is 0 Å². The largest absolute Gasteiger partial charge is 0.540 e. The maximum Gasteiger partial charge on any atom is 0.540 e. The van der Waals surface area contributed by atoms with E-state index in [1.54, 1.807) is 0 Å². The Labute approximate surface area is 153 Å². The molecule has 0 aromatic carbocycles. The number of rotatable bonds is 9.